The molecule has 2 aromatic carbocycles. The SMILES string of the molecule is C=CCn1c(SCC(=O)Nc2ccccc2[N+](=O)[O-])nnc1-c1ccc(OCC)cc1. The molecule has 0 saturated carbocycles. The molecule has 0 atom stereocenters. The Kier molecular flexibility index (Phi) is 7.39. The van der Waals surface area contributed by atoms with Gasteiger partial charge in [0, 0.05) is 18.2 Å². The number of rotatable bonds is 10. The number of nitro groups is 1. The van der Waals surface area contributed by atoms with Gasteiger partial charge in [-0.3, -0.25) is 19.5 Å². The van der Waals surface area contributed by atoms with Crippen LogP contribution in [0.5, 0.6) is 5.75 Å². The minimum atomic E-state index is -0.535. The van der Waals surface area contributed by atoms with Crippen molar-refractivity contribution in [3.63, 3.8) is 0 Å². The van der Waals surface area contributed by atoms with Crippen LogP contribution in [0.3, 0.4) is 0 Å². The van der Waals surface area contributed by atoms with Crippen molar-refractivity contribution in [2.24, 2.45) is 0 Å². The number of nitrogens with zero attached hydrogens (tertiary/aromatic N) is 4. The molecule has 1 amide bonds. The summed E-state index contributed by atoms with van der Waals surface area (Å²) in [4.78, 5) is 22.9. The van der Waals surface area contributed by atoms with Crippen LogP contribution in [0.4, 0.5) is 11.4 Å². The van der Waals surface area contributed by atoms with Gasteiger partial charge in [0.1, 0.15) is 11.4 Å². The Bertz CT molecular complexity index is 1080. The average molecular weight is 439 g/mol. The number of thioether (sulfide) groups is 1. The molecule has 10 heteroatoms. The molecule has 0 spiro atoms. The number of anilines is 1. The van der Waals surface area contributed by atoms with Crippen molar-refractivity contribution in [1.29, 1.82) is 0 Å². The molecule has 31 heavy (non-hydrogen) atoms. The van der Waals surface area contributed by atoms with Crippen LogP contribution in [0.15, 0.2) is 66.3 Å². The molecule has 0 unspecified atom stereocenters. The Morgan fingerprint density at radius 1 is 1.26 bits per heavy atom. The van der Waals surface area contributed by atoms with E-state index < -0.39 is 4.92 Å². The molecule has 0 fully saturated rings. The van der Waals surface area contributed by atoms with Gasteiger partial charge in [-0.15, -0.1) is 16.8 Å². The molecule has 1 N–H and O–H groups in total. The zero-order valence-electron chi connectivity index (χ0n) is 16.9. The number of nitro benzene ring substituents is 1. The second-order valence-corrected chi connectivity index (χ2v) is 7.22. The number of nitrogens with one attached hydrogen (secondary N) is 1. The molecule has 0 aliphatic carbocycles. The van der Waals surface area contributed by atoms with Gasteiger partial charge < -0.3 is 10.1 Å². The molecule has 9 nitrogen and oxygen atoms in total. The predicted octanol–water partition coefficient (Wildman–Crippen LogP) is 4.17. The Labute approximate surface area is 183 Å². The summed E-state index contributed by atoms with van der Waals surface area (Å²) in [5.41, 5.74) is 0.850. The monoisotopic (exact) mass is 439 g/mol. The Morgan fingerprint density at radius 2 is 2.00 bits per heavy atom. The highest BCUT2D eigenvalue weighted by Gasteiger charge is 2.17. The summed E-state index contributed by atoms with van der Waals surface area (Å²) in [7, 11) is 0. The van der Waals surface area contributed by atoms with Gasteiger partial charge >= 0.3 is 0 Å². The number of amides is 1. The fraction of sp³-hybridized carbons (Fsp3) is 0.190. The summed E-state index contributed by atoms with van der Waals surface area (Å²) in [5.74, 6) is 1.05. The van der Waals surface area contributed by atoms with Crippen LogP contribution in [-0.2, 0) is 11.3 Å². The minimum Gasteiger partial charge on any atom is -0.494 e. The Hall–Kier alpha value is -3.66. The van der Waals surface area contributed by atoms with Crippen LogP contribution in [0.2, 0.25) is 0 Å². The number of carbonyl (C=O) groups excluding carboxylic acids is 1. The second kappa shape index (κ2) is 10.4. The zero-order valence-corrected chi connectivity index (χ0v) is 17.7. The van der Waals surface area contributed by atoms with Gasteiger partial charge in [0.25, 0.3) is 5.69 Å². The van der Waals surface area contributed by atoms with E-state index in [4.69, 9.17) is 4.74 Å². The summed E-state index contributed by atoms with van der Waals surface area (Å²) in [6.45, 7) is 6.75. The van der Waals surface area contributed by atoms with Crippen molar-refractivity contribution in [3.8, 4) is 17.1 Å². The van der Waals surface area contributed by atoms with Crippen LogP contribution in [0, 0.1) is 10.1 Å². The fourth-order valence-corrected chi connectivity index (χ4v) is 3.57. The Balaban J connectivity index is 1.72. The number of hydrogen-bond donors (Lipinski definition) is 1. The first-order chi connectivity index (χ1) is 15.0. The van der Waals surface area contributed by atoms with Gasteiger partial charge in [-0.05, 0) is 37.3 Å². The summed E-state index contributed by atoms with van der Waals surface area (Å²) < 4.78 is 7.32. The van der Waals surface area contributed by atoms with E-state index in [1.165, 1.54) is 23.9 Å². The molecule has 3 aromatic rings. The zero-order chi connectivity index (χ0) is 22.2. The van der Waals surface area contributed by atoms with Crippen LogP contribution in [0.25, 0.3) is 11.4 Å². The molecule has 1 heterocycles. The lowest BCUT2D eigenvalue weighted by molar-refractivity contribution is -0.383. The number of ether oxygens (including phenoxy) is 1. The van der Waals surface area contributed by atoms with E-state index in [-0.39, 0.29) is 23.0 Å². The quantitative estimate of drug-likeness (QED) is 0.218. The molecule has 0 bridgehead atoms. The third-order valence-corrected chi connectivity index (χ3v) is 5.13. The van der Waals surface area contributed by atoms with Crippen molar-refractivity contribution in [2.45, 2.75) is 18.6 Å². The minimum absolute atomic E-state index is 0.0185. The topological polar surface area (TPSA) is 112 Å². The number of carbonyl (C=O) groups is 1. The maximum absolute atomic E-state index is 12.4. The van der Waals surface area contributed by atoms with Gasteiger partial charge in [-0.1, -0.05) is 30.0 Å². The standard InChI is InChI=1S/C21H21N5O4S/c1-3-13-25-20(15-9-11-16(12-10-15)30-4-2)23-24-21(25)31-14-19(27)22-17-7-5-6-8-18(17)26(28)29/h3,5-12H,1,4,13-14H2,2H3,(H,22,27). The van der Waals surface area contributed by atoms with Gasteiger partial charge in [0.15, 0.2) is 11.0 Å². The Morgan fingerprint density at radius 3 is 2.68 bits per heavy atom. The first-order valence-corrected chi connectivity index (χ1v) is 10.5. The average Bonchev–Trinajstić information content (AvgIpc) is 3.16. The van der Waals surface area contributed by atoms with Crippen molar-refractivity contribution in [1.82, 2.24) is 14.8 Å². The maximum atomic E-state index is 12.4. The van der Waals surface area contributed by atoms with E-state index in [9.17, 15) is 14.9 Å². The van der Waals surface area contributed by atoms with Crippen LogP contribution >= 0.6 is 11.8 Å². The molecule has 0 radical (unpaired) electrons. The highest BCUT2D eigenvalue weighted by molar-refractivity contribution is 7.99. The van der Waals surface area contributed by atoms with Gasteiger partial charge in [0.05, 0.1) is 17.3 Å². The normalized spacial score (nSPS) is 10.5. The third kappa shape index (κ3) is 5.48. The summed E-state index contributed by atoms with van der Waals surface area (Å²) in [6.07, 6.45) is 1.72. The van der Waals surface area contributed by atoms with Crippen LogP contribution in [-0.4, -0.2) is 38.0 Å². The van der Waals surface area contributed by atoms with Crippen molar-refractivity contribution < 1.29 is 14.5 Å². The van der Waals surface area contributed by atoms with E-state index in [0.29, 0.717) is 24.1 Å². The molecule has 3 rings (SSSR count). The van der Waals surface area contributed by atoms with Crippen molar-refractivity contribution in [2.75, 3.05) is 17.7 Å². The number of aromatic nitrogens is 3. The molecule has 0 aliphatic heterocycles. The molecular weight excluding hydrogens is 418 g/mol. The first-order valence-electron chi connectivity index (χ1n) is 9.47. The van der Waals surface area contributed by atoms with E-state index in [0.717, 1.165) is 11.3 Å². The number of para-hydroxylation sites is 2. The summed E-state index contributed by atoms with van der Waals surface area (Å²) >= 11 is 1.19. The van der Waals surface area contributed by atoms with Gasteiger partial charge in [-0.25, -0.2) is 0 Å². The lowest BCUT2D eigenvalue weighted by atomic mass is 10.2. The van der Waals surface area contributed by atoms with E-state index in [1.807, 2.05) is 35.8 Å². The maximum Gasteiger partial charge on any atom is 0.292 e. The van der Waals surface area contributed by atoms with E-state index in [2.05, 4.69) is 22.1 Å². The molecule has 0 aliphatic rings. The van der Waals surface area contributed by atoms with E-state index >= 15 is 0 Å². The smallest absolute Gasteiger partial charge is 0.292 e. The van der Waals surface area contributed by atoms with Crippen molar-refractivity contribution >= 4 is 29.0 Å². The highest BCUT2D eigenvalue weighted by Crippen LogP contribution is 2.27. The van der Waals surface area contributed by atoms with E-state index in [1.54, 1.807) is 18.2 Å². The molecular formula is C21H21N5O4S. The molecule has 0 saturated heterocycles. The summed E-state index contributed by atoms with van der Waals surface area (Å²) in [6, 6.07) is 13.5. The van der Waals surface area contributed by atoms with Crippen LogP contribution < -0.4 is 10.1 Å². The third-order valence-electron chi connectivity index (χ3n) is 4.16. The molecule has 1 aromatic heterocycles. The number of allylic oxidation sites excluding steroid dienone is 1. The lowest BCUT2D eigenvalue weighted by Crippen LogP contribution is -2.15. The van der Waals surface area contributed by atoms with Gasteiger partial charge in [-0.2, -0.15) is 0 Å². The first kappa shape index (κ1) is 22.0. The summed E-state index contributed by atoms with van der Waals surface area (Å²) in [5, 5.41) is 22.7. The number of benzene rings is 2. The largest absolute Gasteiger partial charge is 0.494 e. The lowest BCUT2D eigenvalue weighted by Gasteiger charge is -2.09. The van der Waals surface area contributed by atoms with Gasteiger partial charge in [0.2, 0.25) is 5.91 Å². The highest BCUT2D eigenvalue weighted by atomic mass is 32.2. The van der Waals surface area contributed by atoms with Crippen molar-refractivity contribution in [3.05, 3.63) is 71.3 Å². The fourth-order valence-electron chi connectivity index (χ4n) is 2.82. The van der Waals surface area contributed by atoms with Crippen LogP contribution in [0.1, 0.15) is 6.92 Å². The number of hydrogen-bond acceptors (Lipinski definition) is 7. The predicted molar refractivity (Wildman–Crippen MR) is 119 cm³/mol. The second-order valence-electron chi connectivity index (χ2n) is 6.27. The molecule has 160 valence electrons.